The van der Waals surface area contributed by atoms with Crippen molar-refractivity contribution in [3.63, 3.8) is 0 Å². The number of thioether (sulfide) groups is 1. The van der Waals surface area contributed by atoms with E-state index < -0.39 is 10.1 Å². The number of hydrogen-bond donors (Lipinski definition) is 2. The van der Waals surface area contributed by atoms with Gasteiger partial charge in [-0.15, -0.1) is 0 Å². The molecule has 4 nitrogen and oxygen atoms in total. The molecule has 1 unspecified atom stereocenters. The number of hydrogen-bond acceptors (Lipinski definition) is 3. The Labute approximate surface area is 169 Å². The van der Waals surface area contributed by atoms with Crippen LogP contribution in [0.15, 0.2) is 48.7 Å². The van der Waals surface area contributed by atoms with Gasteiger partial charge in [0.2, 0.25) is 0 Å². The molecule has 1 heterocycles. The minimum Gasteiger partial charge on any atom is -0.361 e. The van der Waals surface area contributed by atoms with Gasteiger partial charge in [0.25, 0.3) is 10.1 Å². The van der Waals surface area contributed by atoms with Crippen molar-refractivity contribution in [2.75, 3.05) is 12.0 Å². The molecule has 0 spiro atoms. The third-order valence-electron chi connectivity index (χ3n) is 4.68. The van der Waals surface area contributed by atoms with Crippen LogP contribution in [0.4, 0.5) is 0 Å². The van der Waals surface area contributed by atoms with Crippen molar-refractivity contribution < 1.29 is 13.0 Å². The summed E-state index contributed by atoms with van der Waals surface area (Å²) in [7, 11) is -3.97. The van der Waals surface area contributed by atoms with Gasteiger partial charge in [0.05, 0.1) is 5.75 Å². The predicted molar refractivity (Wildman–Crippen MR) is 114 cm³/mol. The highest BCUT2D eigenvalue weighted by molar-refractivity contribution is 7.97. The van der Waals surface area contributed by atoms with E-state index in [9.17, 15) is 8.42 Å². The normalized spacial score (nSPS) is 13.1. The number of para-hydroxylation sites is 1. The summed E-state index contributed by atoms with van der Waals surface area (Å²) < 4.78 is 31.4. The molecule has 0 saturated heterocycles. The van der Waals surface area contributed by atoms with Crippen molar-refractivity contribution in [1.82, 2.24) is 4.98 Å². The van der Waals surface area contributed by atoms with Crippen LogP contribution >= 0.6 is 23.4 Å². The summed E-state index contributed by atoms with van der Waals surface area (Å²) in [5.74, 6) is 0.699. The molecule has 0 fully saturated rings. The third-order valence-corrected chi connectivity index (χ3v) is 6.33. The second-order valence-electron chi connectivity index (χ2n) is 6.55. The summed E-state index contributed by atoms with van der Waals surface area (Å²) in [6.45, 7) is 0. The zero-order valence-corrected chi connectivity index (χ0v) is 17.4. The second kappa shape index (κ2) is 8.69. The Morgan fingerprint density at radius 3 is 2.59 bits per heavy atom. The second-order valence-corrected chi connectivity index (χ2v) is 9.42. The number of fused-ring (bicyclic) bond motifs is 1. The number of halogens is 1. The number of rotatable bonds is 8. The molecular formula is C20H22ClNO3S2. The summed E-state index contributed by atoms with van der Waals surface area (Å²) in [5, 5.41) is 1.81. The van der Waals surface area contributed by atoms with Crippen LogP contribution < -0.4 is 0 Å². The first-order chi connectivity index (χ1) is 12.9. The minimum atomic E-state index is -3.97. The Bertz CT molecular complexity index is 1010. The van der Waals surface area contributed by atoms with Crippen LogP contribution in [0.3, 0.4) is 0 Å². The maximum Gasteiger partial charge on any atom is 0.264 e. The molecule has 1 aromatic heterocycles. The lowest BCUT2D eigenvalue weighted by Crippen LogP contribution is -2.07. The van der Waals surface area contributed by atoms with Gasteiger partial charge in [0.1, 0.15) is 0 Å². The van der Waals surface area contributed by atoms with Crippen LogP contribution in [-0.2, 0) is 15.9 Å². The maximum atomic E-state index is 11.1. The topological polar surface area (TPSA) is 70.2 Å². The molecule has 0 radical (unpaired) electrons. The number of aromatic amines is 1. The average Bonchev–Trinajstić information content (AvgIpc) is 3.04. The van der Waals surface area contributed by atoms with E-state index in [0.29, 0.717) is 17.9 Å². The Balaban J connectivity index is 2.00. The Morgan fingerprint density at radius 1 is 1.19 bits per heavy atom. The first kappa shape index (κ1) is 20.3. The van der Waals surface area contributed by atoms with E-state index in [1.807, 2.05) is 30.5 Å². The van der Waals surface area contributed by atoms with E-state index in [1.165, 1.54) is 5.56 Å². The lowest BCUT2D eigenvalue weighted by molar-refractivity contribution is 0.479. The van der Waals surface area contributed by atoms with Gasteiger partial charge >= 0.3 is 0 Å². The molecule has 7 heteroatoms. The first-order valence-electron chi connectivity index (χ1n) is 8.67. The molecule has 0 saturated carbocycles. The van der Waals surface area contributed by atoms with E-state index in [2.05, 4.69) is 29.4 Å². The van der Waals surface area contributed by atoms with Crippen molar-refractivity contribution in [3.05, 3.63) is 70.4 Å². The van der Waals surface area contributed by atoms with Crippen LogP contribution in [-0.4, -0.2) is 30.0 Å². The number of H-pyrrole nitrogens is 1. The molecular weight excluding hydrogens is 402 g/mol. The first-order valence-corrected chi connectivity index (χ1v) is 12.1. The van der Waals surface area contributed by atoms with Crippen LogP contribution in [0.25, 0.3) is 10.9 Å². The maximum absolute atomic E-state index is 11.1. The molecule has 3 aromatic rings. The smallest absolute Gasteiger partial charge is 0.264 e. The van der Waals surface area contributed by atoms with Crippen molar-refractivity contribution in [2.24, 2.45) is 0 Å². The summed E-state index contributed by atoms with van der Waals surface area (Å²) in [5.41, 5.74) is 4.58. The Morgan fingerprint density at radius 2 is 1.93 bits per heavy atom. The fourth-order valence-electron chi connectivity index (χ4n) is 3.47. The Kier molecular flexibility index (Phi) is 6.52. The number of aromatic nitrogens is 1. The van der Waals surface area contributed by atoms with E-state index in [4.69, 9.17) is 16.2 Å². The van der Waals surface area contributed by atoms with E-state index in [-0.39, 0.29) is 11.7 Å². The van der Waals surface area contributed by atoms with Crippen molar-refractivity contribution in [3.8, 4) is 0 Å². The zero-order chi connectivity index (χ0) is 19.4. The fourth-order valence-corrected chi connectivity index (χ4v) is 4.68. The van der Waals surface area contributed by atoms with Gasteiger partial charge in [0, 0.05) is 33.8 Å². The van der Waals surface area contributed by atoms with Gasteiger partial charge in [-0.05, 0) is 47.9 Å². The summed E-state index contributed by atoms with van der Waals surface area (Å²) in [6.07, 6.45) is 5.08. The third kappa shape index (κ3) is 5.08. The highest BCUT2D eigenvalue weighted by Crippen LogP contribution is 2.36. The number of benzene rings is 2. The molecule has 2 N–H and O–H groups in total. The molecule has 0 aliphatic heterocycles. The summed E-state index contributed by atoms with van der Waals surface area (Å²) in [6, 6.07) is 13.9. The van der Waals surface area contributed by atoms with E-state index in [0.717, 1.165) is 27.8 Å². The van der Waals surface area contributed by atoms with Crippen LogP contribution in [0.1, 0.15) is 35.4 Å². The lowest BCUT2D eigenvalue weighted by Gasteiger charge is -2.17. The van der Waals surface area contributed by atoms with Gasteiger partial charge in [0.15, 0.2) is 0 Å². The molecule has 0 aliphatic rings. The molecule has 0 bridgehead atoms. The molecule has 144 valence electrons. The zero-order valence-electron chi connectivity index (χ0n) is 15.0. The molecule has 1 atom stereocenters. The number of nitrogens with one attached hydrogen (secondary N) is 1. The largest absolute Gasteiger partial charge is 0.361 e. The van der Waals surface area contributed by atoms with Gasteiger partial charge in [-0.1, -0.05) is 41.9 Å². The van der Waals surface area contributed by atoms with Gasteiger partial charge in [-0.3, -0.25) is 4.55 Å². The van der Waals surface area contributed by atoms with Gasteiger partial charge < -0.3 is 4.98 Å². The molecule has 2 aromatic carbocycles. The quantitative estimate of drug-likeness (QED) is 0.470. The van der Waals surface area contributed by atoms with Crippen molar-refractivity contribution >= 4 is 44.4 Å². The van der Waals surface area contributed by atoms with Crippen molar-refractivity contribution in [2.45, 2.75) is 24.5 Å². The molecule has 27 heavy (non-hydrogen) atoms. The van der Waals surface area contributed by atoms with Crippen LogP contribution in [0.5, 0.6) is 0 Å². The highest BCUT2D eigenvalue weighted by Gasteiger charge is 2.20. The SMILES string of the molecule is CSCc1cccc2c(C(CCCS(=O)(=O)O)c3ccc(Cl)cc3)c[nH]c12. The van der Waals surface area contributed by atoms with Crippen LogP contribution in [0, 0.1) is 0 Å². The summed E-state index contributed by atoms with van der Waals surface area (Å²) in [4.78, 5) is 3.40. The van der Waals surface area contributed by atoms with Crippen molar-refractivity contribution in [1.29, 1.82) is 0 Å². The van der Waals surface area contributed by atoms with Crippen LogP contribution in [0.2, 0.25) is 5.02 Å². The van der Waals surface area contributed by atoms with Gasteiger partial charge in [-0.25, -0.2) is 0 Å². The molecule has 0 aliphatic carbocycles. The molecule has 3 rings (SSSR count). The summed E-state index contributed by atoms with van der Waals surface area (Å²) >= 11 is 7.81. The lowest BCUT2D eigenvalue weighted by atomic mass is 9.87. The monoisotopic (exact) mass is 423 g/mol. The van der Waals surface area contributed by atoms with E-state index in [1.54, 1.807) is 11.8 Å². The van der Waals surface area contributed by atoms with E-state index >= 15 is 0 Å². The molecule has 0 amide bonds. The average molecular weight is 424 g/mol. The standard InChI is InChI=1S/C20H22ClNO3S2/c1-26-13-15-4-2-5-18-19(12-22-20(15)18)17(6-3-11-27(23,24)25)14-7-9-16(21)10-8-14/h2,4-5,7-10,12,17,22H,3,6,11,13H2,1H3,(H,23,24,25). The van der Waals surface area contributed by atoms with Gasteiger partial charge in [-0.2, -0.15) is 20.2 Å². The highest BCUT2D eigenvalue weighted by atomic mass is 35.5. The Hall–Kier alpha value is -1.47. The minimum absolute atomic E-state index is 0.0160. The predicted octanol–water partition coefficient (Wildman–Crippen LogP) is 5.48. The fraction of sp³-hybridized carbons (Fsp3) is 0.300.